The number of carbonyl (C=O) groups is 2. The SMILES string of the molecule is CCCCC(=O)c1ccc(C(=O)CCCP(C)(=O)C(C)(C)C)cc1. The molecule has 24 heavy (non-hydrogen) atoms. The van der Waals surface area contributed by atoms with Gasteiger partial charge in [0.1, 0.15) is 0 Å². The van der Waals surface area contributed by atoms with Crippen molar-refractivity contribution in [1.29, 1.82) is 0 Å². The van der Waals surface area contributed by atoms with E-state index in [-0.39, 0.29) is 16.7 Å². The molecule has 1 unspecified atom stereocenters. The number of ketones is 2. The van der Waals surface area contributed by atoms with Crippen molar-refractivity contribution in [3.8, 4) is 0 Å². The molecule has 0 aliphatic carbocycles. The Bertz CT molecular complexity index is 609. The normalized spacial score (nSPS) is 14.2. The van der Waals surface area contributed by atoms with E-state index in [1.807, 2.05) is 27.4 Å². The van der Waals surface area contributed by atoms with Crippen molar-refractivity contribution in [3.63, 3.8) is 0 Å². The molecule has 0 amide bonds. The quantitative estimate of drug-likeness (QED) is 0.417. The van der Waals surface area contributed by atoms with Crippen molar-refractivity contribution in [3.05, 3.63) is 35.4 Å². The number of rotatable bonds is 9. The molecular weight excluding hydrogens is 319 g/mol. The van der Waals surface area contributed by atoms with E-state index in [2.05, 4.69) is 6.92 Å². The lowest BCUT2D eigenvalue weighted by Crippen LogP contribution is -2.16. The minimum absolute atomic E-state index is 0.0523. The Morgan fingerprint density at radius 2 is 1.33 bits per heavy atom. The third-order valence-electron chi connectivity index (χ3n) is 4.69. The summed E-state index contributed by atoms with van der Waals surface area (Å²) < 4.78 is 12.6. The predicted octanol–water partition coefficient (Wildman–Crippen LogP) is 5.81. The van der Waals surface area contributed by atoms with Gasteiger partial charge in [-0.25, -0.2) is 0 Å². The molecule has 3 nitrogen and oxygen atoms in total. The van der Waals surface area contributed by atoms with E-state index in [1.165, 1.54) is 0 Å². The minimum Gasteiger partial charge on any atom is -0.323 e. The molecule has 0 fully saturated rings. The largest absolute Gasteiger partial charge is 0.323 e. The van der Waals surface area contributed by atoms with Gasteiger partial charge in [0.25, 0.3) is 0 Å². The molecule has 0 heterocycles. The summed E-state index contributed by atoms with van der Waals surface area (Å²) in [4.78, 5) is 24.2. The van der Waals surface area contributed by atoms with Crippen molar-refractivity contribution in [1.82, 2.24) is 0 Å². The van der Waals surface area contributed by atoms with Crippen LogP contribution in [0.4, 0.5) is 0 Å². The highest BCUT2D eigenvalue weighted by molar-refractivity contribution is 7.64. The molecule has 0 aliphatic rings. The molecule has 1 rings (SSSR count). The van der Waals surface area contributed by atoms with Crippen molar-refractivity contribution in [2.75, 3.05) is 12.8 Å². The molecule has 1 atom stereocenters. The van der Waals surface area contributed by atoms with E-state index in [0.717, 1.165) is 12.8 Å². The summed E-state index contributed by atoms with van der Waals surface area (Å²) in [6.45, 7) is 9.86. The van der Waals surface area contributed by atoms with Crippen LogP contribution in [0, 0.1) is 0 Å². The second-order valence-corrected chi connectivity index (χ2v) is 11.6. The molecule has 0 radical (unpaired) electrons. The van der Waals surface area contributed by atoms with Crippen LogP contribution < -0.4 is 0 Å². The third-order valence-corrected chi connectivity index (χ3v) is 8.70. The summed E-state index contributed by atoms with van der Waals surface area (Å²) >= 11 is 0. The number of hydrogen-bond donors (Lipinski definition) is 0. The van der Waals surface area contributed by atoms with E-state index >= 15 is 0 Å². The van der Waals surface area contributed by atoms with Gasteiger partial charge in [-0.1, -0.05) is 58.4 Å². The maximum atomic E-state index is 12.6. The van der Waals surface area contributed by atoms with Gasteiger partial charge in [-0.05, 0) is 19.5 Å². The van der Waals surface area contributed by atoms with Crippen molar-refractivity contribution in [2.45, 2.75) is 65.0 Å². The number of Topliss-reactive ketones (excluding diaryl/α,β-unsaturated/α-hetero) is 2. The van der Waals surface area contributed by atoms with Crippen LogP contribution in [-0.4, -0.2) is 29.5 Å². The van der Waals surface area contributed by atoms with E-state index in [9.17, 15) is 14.2 Å². The first-order valence-electron chi connectivity index (χ1n) is 8.81. The zero-order valence-corrected chi connectivity index (χ0v) is 16.6. The van der Waals surface area contributed by atoms with Crippen molar-refractivity contribution in [2.24, 2.45) is 0 Å². The summed E-state index contributed by atoms with van der Waals surface area (Å²) in [5, 5.41) is -0.212. The van der Waals surface area contributed by atoms with E-state index < -0.39 is 7.14 Å². The van der Waals surface area contributed by atoms with E-state index in [1.54, 1.807) is 24.3 Å². The number of benzene rings is 1. The van der Waals surface area contributed by atoms with Gasteiger partial charge in [-0.3, -0.25) is 9.59 Å². The molecule has 1 aromatic carbocycles. The van der Waals surface area contributed by atoms with Crippen LogP contribution in [0.3, 0.4) is 0 Å². The summed E-state index contributed by atoms with van der Waals surface area (Å²) in [7, 11) is -2.25. The molecule has 0 spiro atoms. The Kier molecular flexibility index (Phi) is 7.60. The summed E-state index contributed by atoms with van der Waals surface area (Å²) in [5.74, 6) is 0.185. The molecule has 0 bridgehead atoms. The molecule has 0 aliphatic heterocycles. The average Bonchev–Trinajstić information content (AvgIpc) is 2.51. The summed E-state index contributed by atoms with van der Waals surface area (Å²) in [6.07, 6.45) is 4.08. The highest BCUT2D eigenvalue weighted by Crippen LogP contribution is 2.54. The average molecular weight is 350 g/mol. The first kappa shape index (κ1) is 20.8. The fourth-order valence-corrected chi connectivity index (χ4v) is 3.78. The fourth-order valence-electron chi connectivity index (χ4n) is 2.34. The topological polar surface area (TPSA) is 51.2 Å². The van der Waals surface area contributed by atoms with Crippen molar-refractivity contribution >= 4 is 18.7 Å². The van der Waals surface area contributed by atoms with Gasteiger partial charge in [0.2, 0.25) is 0 Å². The summed E-state index contributed by atoms with van der Waals surface area (Å²) in [5.41, 5.74) is 1.30. The van der Waals surface area contributed by atoms with Crippen LogP contribution in [0.1, 0.15) is 80.5 Å². The third kappa shape index (κ3) is 6.02. The number of unbranched alkanes of at least 4 members (excludes halogenated alkanes) is 1. The van der Waals surface area contributed by atoms with E-state index in [0.29, 0.717) is 36.6 Å². The second kappa shape index (κ2) is 8.76. The van der Waals surface area contributed by atoms with Crippen molar-refractivity contribution < 1.29 is 14.2 Å². The van der Waals surface area contributed by atoms with Gasteiger partial charge in [-0.15, -0.1) is 0 Å². The summed E-state index contributed by atoms with van der Waals surface area (Å²) in [6, 6.07) is 6.95. The maximum Gasteiger partial charge on any atom is 0.162 e. The van der Waals surface area contributed by atoms with Crippen LogP contribution in [0.15, 0.2) is 24.3 Å². The molecule has 0 saturated carbocycles. The van der Waals surface area contributed by atoms with Gasteiger partial charge in [0.15, 0.2) is 11.6 Å². The minimum atomic E-state index is -2.25. The monoisotopic (exact) mass is 350 g/mol. The zero-order chi connectivity index (χ0) is 18.4. The fraction of sp³-hybridized carbons (Fsp3) is 0.600. The number of carbonyl (C=O) groups excluding carboxylic acids is 2. The smallest absolute Gasteiger partial charge is 0.162 e. The highest BCUT2D eigenvalue weighted by atomic mass is 31.2. The van der Waals surface area contributed by atoms with E-state index in [4.69, 9.17) is 0 Å². The van der Waals surface area contributed by atoms with Gasteiger partial charge in [-0.2, -0.15) is 0 Å². The second-order valence-electron chi connectivity index (χ2n) is 7.63. The Labute approximate surface area is 146 Å². The highest BCUT2D eigenvalue weighted by Gasteiger charge is 2.30. The Morgan fingerprint density at radius 1 is 0.917 bits per heavy atom. The Hall–Kier alpha value is -1.21. The predicted molar refractivity (Wildman–Crippen MR) is 102 cm³/mol. The maximum absolute atomic E-state index is 12.6. The first-order valence-corrected chi connectivity index (χ1v) is 11.2. The van der Waals surface area contributed by atoms with Crippen LogP contribution in [0.25, 0.3) is 0 Å². The zero-order valence-electron chi connectivity index (χ0n) is 15.7. The lowest BCUT2D eigenvalue weighted by Gasteiger charge is -2.27. The molecule has 4 heteroatoms. The van der Waals surface area contributed by atoms with Gasteiger partial charge >= 0.3 is 0 Å². The molecule has 1 aromatic rings. The van der Waals surface area contributed by atoms with Crippen LogP contribution in [-0.2, 0) is 4.57 Å². The molecular formula is C20H31O3P. The van der Waals surface area contributed by atoms with Crippen LogP contribution in [0.5, 0.6) is 0 Å². The van der Waals surface area contributed by atoms with Crippen LogP contribution >= 0.6 is 7.14 Å². The first-order chi connectivity index (χ1) is 11.1. The molecule has 0 saturated heterocycles. The standard InChI is InChI=1S/C20H31O3P/c1-6-7-9-18(21)16-11-13-17(14-12-16)19(22)10-8-15-24(5,23)20(2,3)4/h11-14H,6-10,15H2,1-5H3. The molecule has 134 valence electrons. The lowest BCUT2D eigenvalue weighted by atomic mass is 10.0. The molecule has 0 aromatic heterocycles. The van der Waals surface area contributed by atoms with Gasteiger partial charge < -0.3 is 4.57 Å². The molecule has 0 N–H and O–H groups in total. The number of hydrogen-bond acceptors (Lipinski definition) is 3. The van der Waals surface area contributed by atoms with Gasteiger partial charge in [0, 0.05) is 35.3 Å². The Morgan fingerprint density at radius 3 is 1.71 bits per heavy atom. The van der Waals surface area contributed by atoms with Crippen LogP contribution in [0.2, 0.25) is 0 Å². The Balaban J connectivity index is 2.57. The lowest BCUT2D eigenvalue weighted by molar-refractivity contribution is 0.0969. The van der Waals surface area contributed by atoms with Gasteiger partial charge in [0.05, 0.1) is 7.14 Å².